The molecule has 1 aliphatic heterocycles. The fraction of sp³-hybridized carbons (Fsp3) is 0.213. The summed E-state index contributed by atoms with van der Waals surface area (Å²) in [6.45, 7) is 4.79. The van der Waals surface area contributed by atoms with Gasteiger partial charge in [-0.2, -0.15) is 0 Å². The van der Waals surface area contributed by atoms with E-state index >= 15 is 0 Å². The van der Waals surface area contributed by atoms with Crippen molar-refractivity contribution in [2.75, 3.05) is 6.61 Å². The van der Waals surface area contributed by atoms with Crippen molar-refractivity contribution in [3.05, 3.63) is 177 Å². The quantitative estimate of drug-likeness (QED) is 0.0575. The highest BCUT2D eigenvalue weighted by Crippen LogP contribution is 2.49. The summed E-state index contributed by atoms with van der Waals surface area (Å²) in [5.74, 6) is 0.688. The number of tetrazole rings is 1. The zero-order valence-corrected chi connectivity index (χ0v) is 34.7. The number of hydrogen-bond donors (Lipinski definition) is 0. The molecular formula is C47H42BrClN6O3. The van der Waals surface area contributed by atoms with Gasteiger partial charge >= 0.3 is 5.97 Å². The van der Waals surface area contributed by atoms with Crippen molar-refractivity contribution in [1.82, 2.24) is 29.8 Å². The second-order valence-electron chi connectivity index (χ2n) is 14.2. The summed E-state index contributed by atoms with van der Waals surface area (Å²) in [6, 6.07) is 40.9. The Balaban J connectivity index is 1.31. The van der Waals surface area contributed by atoms with Crippen molar-refractivity contribution < 1.29 is 13.9 Å². The molecule has 1 aliphatic carbocycles. The minimum Gasteiger partial charge on any atom is -0.472 e. The first-order chi connectivity index (χ1) is 28.5. The number of fused-ring (bicyclic) bond motifs is 1. The van der Waals surface area contributed by atoms with Crippen LogP contribution in [0.3, 0.4) is 0 Å². The Morgan fingerprint density at radius 2 is 1.38 bits per heavy atom. The van der Waals surface area contributed by atoms with E-state index in [0.29, 0.717) is 25.4 Å². The minimum atomic E-state index is -0.941. The van der Waals surface area contributed by atoms with Gasteiger partial charge in [0.25, 0.3) is 0 Å². The maximum atomic E-state index is 13.7. The number of unbranched alkanes of at least 4 members (excludes halogenated alkanes) is 2. The molecule has 0 bridgehead atoms. The number of benzene rings is 4. The summed E-state index contributed by atoms with van der Waals surface area (Å²) < 4.78 is 14.2. The largest absolute Gasteiger partial charge is 0.472 e. The van der Waals surface area contributed by atoms with E-state index in [9.17, 15) is 4.79 Å². The number of hydrogen-bond acceptors (Lipinski definition) is 7. The summed E-state index contributed by atoms with van der Waals surface area (Å²) in [7, 11) is 0. The third kappa shape index (κ3) is 7.16. The van der Waals surface area contributed by atoms with Gasteiger partial charge in [0.15, 0.2) is 16.4 Å². The lowest BCUT2D eigenvalue weighted by Gasteiger charge is -2.34. The summed E-state index contributed by atoms with van der Waals surface area (Å²) in [6.07, 6.45) is 7.55. The normalized spacial score (nSPS) is 11.7. The van der Waals surface area contributed by atoms with Gasteiger partial charge < -0.3 is 13.7 Å². The Morgan fingerprint density at radius 1 is 0.776 bits per heavy atom. The Kier molecular flexibility index (Phi) is 11.7. The van der Waals surface area contributed by atoms with Crippen molar-refractivity contribution in [2.24, 2.45) is 0 Å². The topological polar surface area (TPSA) is 101 Å². The Morgan fingerprint density at radius 3 is 2.00 bits per heavy atom. The molecule has 0 fully saturated rings. The number of carbonyl (C=O) groups excluding carboxylic acids is 1. The van der Waals surface area contributed by atoms with Gasteiger partial charge in [-0.25, -0.2) is 9.78 Å². The summed E-state index contributed by atoms with van der Waals surface area (Å²) in [5, 5.41) is 15.0. The number of ether oxygens (including phenoxy) is 1. The zero-order chi connectivity index (χ0) is 40.1. The van der Waals surface area contributed by atoms with Crippen molar-refractivity contribution in [1.29, 1.82) is 0 Å². The molecule has 2 aliphatic rings. The third-order valence-electron chi connectivity index (χ3n) is 10.6. The summed E-state index contributed by atoms with van der Waals surface area (Å²) in [4.78, 5) is 20.1. The van der Waals surface area contributed by atoms with Crippen LogP contribution in [0.15, 0.2) is 143 Å². The van der Waals surface area contributed by atoms with Crippen LogP contribution < -0.4 is 0 Å². The average Bonchev–Trinajstić information content (AvgIpc) is 3.96. The number of aryl methyl sites for hydroxylation is 1. The molecule has 11 heteroatoms. The van der Waals surface area contributed by atoms with E-state index in [1.54, 1.807) is 17.3 Å². The first-order valence-corrected chi connectivity index (χ1v) is 20.8. The number of esters is 1. The van der Waals surface area contributed by atoms with Crippen LogP contribution in [0, 0.1) is 0 Å². The van der Waals surface area contributed by atoms with Crippen LogP contribution in [0.25, 0.3) is 33.6 Å². The molecule has 4 aromatic carbocycles. The molecule has 58 heavy (non-hydrogen) atoms. The number of rotatable bonds is 15. The fourth-order valence-electron chi connectivity index (χ4n) is 7.79. The van der Waals surface area contributed by atoms with Crippen molar-refractivity contribution in [3.8, 4) is 33.6 Å². The van der Waals surface area contributed by atoms with Crippen molar-refractivity contribution in [2.45, 2.75) is 58.0 Å². The molecule has 0 saturated heterocycles. The second kappa shape index (κ2) is 17.3. The first-order valence-electron chi connectivity index (χ1n) is 19.6. The fourth-order valence-corrected chi connectivity index (χ4v) is 8.82. The molecule has 0 N–H and O–H groups in total. The number of aromatic nitrogens is 6. The molecule has 0 amide bonds. The zero-order valence-electron chi connectivity index (χ0n) is 32.3. The monoisotopic (exact) mass is 852 g/mol. The Bertz CT molecular complexity index is 2510. The molecule has 0 spiro atoms. The molecule has 0 unspecified atom stereocenters. The predicted octanol–water partition coefficient (Wildman–Crippen LogP) is 11.5. The van der Waals surface area contributed by atoms with Crippen LogP contribution in [0.2, 0.25) is 5.15 Å². The van der Waals surface area contributed by atoms with Crippen LogP contribution >= 0.6 is 27.5 Å². The summed E-state index contributed by atoms with van der Waals surface area (Å²) >= 11 is 10.8. The average molecular weight is 854 g/mol. The lowest BCUT2D eigenvalue weighted by Crippen LogP contribution is -2.39. The van der Waals surface area contributed by atoms with Crippen LogP contribution in [0.4, 0.5) is 0 Å². The first kappa shape index (κ1) is 39.0. The van der Waals surface area contributed by atoms with Gasteiger partial charge in [0.05, 0.1) is 25.7 Å². The minimum absolute atomic E-state index is 0.138. The SMILES string of the molecule is CCCCOC(=O)c1c(Cl)nc(CCCC)n1Cc1c2ccocc-2c(Br)c1-c1ccccc1-c1nnn(C(c2ccccc2)(c2ccccc2)c2ccccc2)n1. The number of carbonyl (C=O) groups is 1. The molecule has 292 valence electrons. The van der Waals surface area contributed by atoms with E-state index in [1.807, 2.05) is 83.4 Å². The maximum absolute atomic E-state index is 13.7. The maximum Gasteiger partial charge on any atom is 0.358 e. The molecule has 2 aromatic heterocycles. The number of halogens is 2. The van der Waals surface area contributed by atoms with Gasteiger partial charge in [0, 0.05) is 27.6 Å². The highest BCUT2D eigenvalue weighted by Gasteiger charge is 2.41. The Labute approximate surface area is 351 Å². The van der Waals surface area contributed by atoms with Gasteiger partial charge in [-0.3, -0.25) is 0 Å². The van der Waals surface area contributed by atoms with Crippen LogP contribution in [0.1, 0.15) is 78.1 Å². The van der Waals surface area contributed by atoms with E-state index < -0.39 is 11.5 Å². The Hall–Kier alpha value is -5.84. The second-order valence-corrected chi connectivity index (χ2v) is 15.3. The van der Waals surface area contributed by atoms with Crippen LogP contribution in [0.5, 0.6) is 0 Å². The van der Waals surface area contributed by atoms with Gasteiger partial charge in [-0.05, 0) is 73.4 Å². The molecule has 9 nitrogen and oxygen atoms in total. The highest BCUT2D eigenvalue weighted by molar-refractivity contribution is 9.10. The molecule has 6 aromatic rings. The van der Waals surface area contributed by atoms with E-state index in [4.69, 9.17) is 41.1 Å². The third-order valence-corrected chi connectivity index (χ3v) is 11.7. The number of nitrogens with zero attached hydrogens (tertiary/aromatic N) is 6. The predicted molar refractivity (Wildman–Crippen MR) is 230 cm³/mol. The van der Waals surface area contributed by atoms with Gasteiger partial charge in [-0.15, -0.1) is 15.0 Å². The number of imidazole rings is 1. The van der Waals surface area contributed by atoms with Crippen molar-refractivity contribution in [3.63, 3.8) is 0 Å². The standard InChI is InChI=1S/C47H42BrClN6O3/c1-3-5-26-40-50-44(49)43(46(56)58-28-6-4-2)54(40)30-38-35-27-29-57-31-39(35)42(48)41(38)36-24-16-17-25-37(36)45-51-53-55(52-45)47(32-18-10-7-11-19-32,33-20-12-8-13-21-33)34-22-14-9-15-23-34/h7-25,27,29,31H,3-6,26,28,30H2,1-2H3. The molecular weight excluding hydrogens is 812 g/mol. The van der Waals surface area contributed by atoms with Crippen molar-refractivity contribution >= 4 is 33.5 Å². The van der Waals surface area contributed by atoms with E-state index in [0.717, 1.165) is 86.1 Å². The van der Waals surface area contributed by atoms with Gasteiger partial charge in [-0.1, -0.05) is 154 Å². The smallest absolute Gasteiger partial charge is 0.358 e. The molecule has 0 atom stereocenters. The summed E-state index contributed by atoms with van der Waals surface area (Å²) in [5.41, 5.74) is 7.60. The van der Waals surface area contributed by atoms with Gasteiger partial charge in [0.2, 0.25) is 5.82 Å². The molecule has 0 saturated carbocycles. The molecule has 3 heterocycles. The van der Waals surface area contributed by atoms with E-state index in [2.05, 4.69) is 72.2 Å². The van der Waals surface area contributed by atoms with Gasteiger partial charge in [0.1, 0.15) is 5.82 Å². The van der Waals surface area contributed by atoms with Crippen LogP contribution in [-0.2, 0) is 23.2 Å². The van der Waals surface area contributed by atoms with E-state index in [-0.39, 0.29) is 10.8 Å². The molecule has 0 radical (unpaired) electrons. The molecule has 8 rings (SSSR count). The van der Waals surface area contributed by atoms with Crippen LogP contribution in [-0.4, -0.2) is 42.3 Å². The highest BCUT2D eigenvalue weighted by atomic mass is 79.9. The lowest BCUT2D eigenvalue weighted by molar-refractivity contribution is 0.0487. The lowest BCUT2D eigenvalue weighted by atomic mass is 9.77. The van der Waals surface area contributed by atoms with E-state index in [1.165, 1.54) is 0 Å².